The van der Waals surface area contributed by atoms with Crippen molar-refractivity contribution in [2.45, 2.75) is 51.3 Å². The van der Waals surface area contributed by atoms with Crippen LogP contribution in [0.5, 0.6) is 5.75 Å². The van der Waals surface area contributed by atoms with Crippen LogP contribution in [-0.4, -0.2) is 49.1 Å². The van der Waals surface area contributed by atoms with Gasteiger partial charge in [-0.3, -0.25) is 9.59 Å². The summed E-state index contributed by atoms with van der Waals surface area (Å²) in [7, 11) is 1.62. The predicted octanol–water partition coefficient (Wildman–Crippen LogP) is 3.34. The molecule has 2 aromatic carbocycles. The molecule has 2 amide bonds. The number of hydrogen-bond donors (Lipinski definition) is 1. The summed E-state index contributed by atoms with van der Waals surface area (Å²) in [5, 5.41) is 2.96. The summed E-state index contributed by atoms with van der Waals surface area (Å²) in [5.74, 6) is 0.560. The number of ether oxygens (including phenoxy) is 2. The van der Waals surface area contributed by atoms with Gasteiger partial charge < -0.3 is 19.7 Å². The molecule has 3 rings (SSSR count). The molecule has 6 nitrogen and oxygen atoms in total. The topological polar surface area (TPSA) is 67.9 Å². The van der Waals surface area contributed by atoms with E-state index < -0.39 is 6.04 Å². The summed E-state index contributed by atoms with van der Waals surface area (Å²) in [6.07, 6.45) is 3.05. The molecular weight excluding hydrogens is 392 g/mol. The van der Waals surface area contributed by atoms with Crippen LogP contribution in [0.1, 0.15) is 37.3 Å². The van der Waals surface area contributed by atoms with Gasteiger partial charge in [-0.05, 0) is 49.4 Å². The predicted molar refractivity (Wildman–Crippen MR) is 120 cm³/mol. The van der Waals surface area contributed by atoms with E-state index in [0.717, 1.165) is 36.3 Å². The number of methoxy groups -OCH3 is 1. The Bertz CT molecular complexity index is 832. The highest BCUT2D eigenvalue weighted by Crippen LogP contribution is 2.17. The minimum Gasteiger partial charge on any atom is -0.497 e. The van der Waals surface area contributed by atoms with E-state index in [1.807, 2.05) is 54.6 Å². The van der Waals surface area contributed by atoms with Gasteiger partial charge in [0.05, 0.1) is 13.2 Å². The molecule has 2 atom stereocenters. The first-order valence-electron chi connectivity index (χ1n) is 10.9. The number of rotatable bonds is 10. The van der Waals surface area contributed by atoms with Crippen molar-refractivity contribution in [1.29, 1.82) is 0 Å². The van der Waals surface area contributed by atoms with Crippen LogP contribution in [-0.2, 0) is 27.3 Å². The van der Waals surface area contributed by atoms with E-state index in [4.69, 9.17) is 9.47 Å². The molecular formula is C25H32N2O4. The highest BCUT2D eigenvalue weighted by atomic mass is 16.5. The fourth-order valence-corrected chi connectivity index (χ4v) is 3.72. The third-order valence-electron chi connectivity index (χ3n) is 5.68. The Morgan fingerprint density at radius 1 is 1.13 bits per heavy atom. The van der Waals surface area contributed by atoms with E-state index in [9.17, 15) is 9.59 Å². The Morgan fingerprint density at radius 3 is 2.52 bits per heavy atom. The number of benzene rings is 2. The van der Waals surface area contributed by atoms with E-state index in [1.54, 1.807) is 18.9 Å². The third-order valence-corrected chi connectivity index (χ3v) is 5.68. The fraction of sp³-hybridized carbons (Fsp3) is 0.440. The summed E-state index contributed by atoms with van der Waals surface area (Å²) in [6, 6.07) is 16.9. The average Bonchev–Trinajstić information content (AvgIpc) is 3.34. The van der Waals surface area contributed by atoms with Crippen molar-refractivity contribution in [3.63, 3.8) is 0 Å². The third kappa shape index (κ3) is 6.82. The summed E-state index contributed by atoms with van der Waals surface area (Å²) >= 11 is 0. The van der Waals surface area contributed by atoms with Gasteiger partial charge in [0.1, 0.15) is 11.8 Å². The Kier molecular flexibility index (Phi) is 8.47. The van der Waals surface area contributed by atoms with E-state index in [2.05, 4.69) is 5.32 Å². The number of carbonyl (C=O) groups is 2. The second kappa shape index (κ2) is 11.5. The van der Waals surface area contributed by atoms with Crippen LogP contribution in [0.15, 0.2) is 54.6 Å². The minimum atomic E-state index is -0.577. The van der Waals surface area contributed by atoms with Crippen molar-refractivity contribution in [2.24, 2.45) is 0 Å². The van der Waals surface area contributed by atoms with E-state index in [0.29, 0.717) is 25.9 Å². The second-order valence-corrected chi connectivity index (χ2v) is 7.91. The lowest BCUT2D eigenvalue weighted by Crippen LogP contribution is -2.49. The molecule has 0 spiro atoms. The number of carbonyl (C=O) groups excluding carboxylic acids is 2. The molecule has 1 fully saturated rings. The number of aryl methyl sites for hydroxylation is 1. The molecule has 166 valence electrons. The Hall–Kier alpha value is -2.86. The second-order valence-electron chi connectivity index (χ2n) is 7.91. The van der Waals surface area contributed by atoms with Gasteiger partial charge in [-0.25, -0.2) is 0 Å². The molecule has 1 N–H and O–H groups in total. The molecule has 1 aliphatic rings. The van der Waals surface area contributed by atoms with Crippen molar-refractivity contribution >= 4 is 11.8 Å². The Morgan fingerprint density at radius 2 is 1.87 bits per heavy atom. The van der Waals surface area contributed by atoms with Gasteiger partial charge in [0.15, 0.2) is 0 Å². The van der Waals surface area contributed by atoms with Gasteiger partial charge in [0.2, 0.25) is 11.8 Å². The van der Waals surface area contributed by atoms with E-state index >= 15 is 0 Å². The smallest absolute Gasteiger partial charge is 0.242 e. The molecule has 2 aromatic rings. The molecule has 6 heteroatoms. The van der Waals surface area contributed by atoms with Crippen molar-refractivity contribution in [2.75, 3.05) is 20.3 Å². The van der Waals surface area contributed by atoms with Crippen LogP contribution in [0.3, 0.4) is 0 Å². The van der Waals surface area contributed by atoms with Crippen LogP contribution in [0.25, 0.3) is 0 Å². The Labute approximate surface area is 184 Å². The number of amides is 2. The summed E-state index contributed by atoms with van der Waals surface area (Å²) < 4.78 is 10.8. The van der Waals surface area contributed by atoms with Crippen molar-refractivity contribution < 1.29 is 19.1 Å². The van der Waals surface area contributed by atoms with Crippen molar-refractivity contribution in [3.8, 4) is 5.75 Å². The van der Waals surface area contributed by atoms with Gasteiger partial charge >= 0.3 is 0 Å². The first kappa shape index (κ1) is 22.8. The highest BCUT2D eigenvalue weighted by Gasteiger charge is 2.27. The number of nitrogens with one attached hydrogen (secondary N) is 1. The summed E-state index contributed by atoms with van der Waals surface area (Å²) in [4.78, 5) is 27.6. The van der Waals surface area contributed by atoms with Crippen molar-refractivity contribution in [3.05, 3.63) is 65.7 Å². The SMILES string of the molecule is COc1ccc(CN(C(=O)CCc2ccccc2)[C@@H](C)C(=O)NC[C@@H]2CCCO2)cc1. The van der Waals surface area contributed by atoms with E-state index in [-0.39, 0.29) is 17.9 Å². The lowest BCUT2D eigenvalue weighted by Gasteiger charge is -2.29. The zero-order valence-corrected chi connectivity index (χ0v) is 18.4. The fourth-order valence-electron chi connectivity index (χ4n) is 3.72. The molecule has 0 aliphatic carbocycles. The maximum Gasteiger partial charge on any atom is 0.242 e. The lowest BCUT2D eigenvalue weighted by atomic mass is 10.1. The van der Waals surface area contributed by atoms with E-state index in [1.165, 1.54) is 0 Å². The monoisotopic (exact) mass is 424 g/mol. The molecule has 1 aliphatic heterocycles. The first-order chi connectivity index (χ1) is 15.1. The maximum atomic E-state index is 13.1. The number of hydrogen-bond acceptors (Lipinski definition) is 4. The van der Waals surface area contributed by atoms with Crippen LogP contribution in [0, 0.1) is 0 Å². The molecule has 0 unspecified atom stereocenters. The molecule has 1 heterocycles. The number of nitrogens with zero attached hydrogens (tertiary/aromatic N) is 1. The van der Waals surface area contributed by atoms with Crippen LogP contribution in [0.4, 0.5) is 0 Å². The van der Waals surface area contributed by atoms with Gasteiger partial charge in [0, 0.05) is 26.1 Å². The largest absolute Gasteiger partial charge is 0.497 e. The molecule has 0 saturated carbocycles. The average molecular weight is 425 g/mol. The lowest BCUT2D eigenvalue weighted by molar-refractivity contribution is -0.140. The van der Waals surface area contributed by atoms with Crippen LogP contribution >= 0.6 is 0 Å². The molecule has 0 bridgehead atoms. The molecule has 0 aromatic heterocycles. The van der Waals surface area contributed by atoms with Crippen LogP contribution in [0.2, 0.25) is 0 Å². The quantitative estimate of drug-likeness (QED) is 0.635. The zero-order chi connectivity index (χ0) is 22.1. The van der Waals surface area contributed by atoms with Gasteiger partial charge in [-0.1, -0.05) is 42.5 Å². The standard InChI is InChI=1S/C25H32N2O4/c1-19(25(29)26-17-23-9-6-16-31-23)27(18-21-10-13-22(30-2)14-11-21)24(28)15-12-20-7-4-3-5-8-20/h3-5,7-8,10-11,13-14,19,23H,6,9,12,15-18H2,1-2H3,(H,26,29)/t19-,23-/m0/s1. The molecule has 1 saturated heterocycles. The van der Waals surface area contributed by atoms with Crippen LogP contribution < -0.4 is 10.1 Å². The molecule has 0 radical (unpaired) electrons. The minimum absolute atomic E-state index is 0.0422. The summed E-state index contributed by atoms with van der Waals surface area (Å²) in [6.45, 7) is 3.39. The van der Waals surface area contributed by atoms with Gasteiger partial charge in [-0.2, -0.15) is 0 Å². The Balaban J connectivity index is 1.66. The zero-order valence-electron chi connectivity index (χ0n) is 18.4. The summed E-state index contributed by atoms with van der Waals surface area (Å²) in [5.41, 5.74) is 2.06. The van der Waals surface area contributed by atoms with Gasteiger partial charge in [0.25, 0.3) is 0 Å². The maximum absolute atomic E-state index is 13.1. The highest BCUT2D eigenvalue weighted by molar-refractivity contribution is 5.87. The van der Waals surface area contributed by atoms with Gasteiger partial charge in [-0.15, -0.1) is 0 Å². The molecule has 31 heavy (non-hydrogen) atoms. The normalized spacial score (nSPS) is 16.5. The van der Waals surface area contributed by atoms with Crippen molar-refractivity contribution in [1.82, 2.24) is 10.2 Å². The first-order valence-corrected chi connectivity index (χ1v) is 10.9.